The molecule has 0 aliphatic carbocycles. The van der Waals surface area contributed by atoms with Gasteiger partial charge in [-0.05, 0) is 24.6 Å². The van der Waals surface area contributed by atoms with E-state index in [1.54, 1.807) is 7.11 Å². The quantitative estimate of drug-likeness (QED) is 0.933. The third-order valence-electron chi connectivity index (χ3n) is 4.19. The number of para-hydroxylation sites is 1. The first-order chi connectivity index (χ1) is 10.8. The van der Waals surface area contributed by atoms with Crippen LogP contribution >= 0.6 is 12.4 Å². The number of rotatable bonds is 4. The van der Waals surface area contributed by atoms with Gasteiger partial charge in [-0.25, -0.2) is 0 Å². The molecule has 0 amide bonds. The lowest BCUT2D eigenvalue weighted by atomic mass is 10.0. The maximum absolute atomic E-state index is 5.54. The monoisotopic (exact) mass is 333 g/mol. The first-order valence-corrected chi connectivity index (χ1v) is 7.77. The summed E-state index contributed by atoms with van der Waals surface area (Å²) in [5.74, 6) is 0.957. The summed E-state index contributed by atoms with van der Waals surface area (Å²) in [5.41, 5.74) is 3.56. The first-order valence-electron chi connectivity index (χ1n) is 7.77. The Balaban J connectivity index is 0.00000192. The van der Waals surface area contributed by atoms with Crippen LogP contribution in [0.5, 0.6) is 5.75 Å². The van der Waals surface area contributed by atoms with Crippen LogP contribution in [0, 0.1) is 6.92 Å². The number of piperazine rings is 1. The summed E-state index contributed by atoms with van der Waals surface area (Å²) < 4.78 is 5.54. The topological polar surface area (TPSA) is 37.4 Å². The predicted molar refractivity (Wildman–Crippen MR) is 95.2 cm³/mol. The number of aryl methyl sites for hydroxylation is 1. The fourth-order valence-electron chi connectivity index (χ4n) is 2.98. The van der Waals surface area contributed by atoms with Gasteiger partial charge in [0.1, 0.15) is 5.75 Å². The molecule has 1 fully saturated rings. The molecule has 1 aromatic carbocycles. The highest BCUT2D eigenvalue weighted by molar-refractivity contribution is 5.85. The molecule has 0 spiro atoms. The molecule has 5 heteroatoms. The maximum atomic E-state index is 5.54. The van der Waals surface area contributed by atoms with E-state index in [9.17, 15) is 0 Å². The highest BCUT2D eigenvalue weighted by atomic mass is 35.5. The van der Waals surface area contributed by atoms with Crippen LogP contribution in [-0.4, -0.2) is 36.6 Å². The molecule has 23 heavy (non-hydrogen) atoms. The van der Waals surface area contributed by atoms with Crippen LogP contribution in [0.2, 0.25) is 0 Å². The number of hydrogen-bond donors (Lipinski definition) is 1. The van der Waals surface area contributed by atoms with E-state index in [0.717, 1.165) is 37.6 Å². The molecule has 2 heterocycles. The summed E-state index contributed by atoms with van der Waals surface area (Å²) in [5, 5.41) is 3.49. The van der Waals surface area contributed by atoms with E-state index in [2.05, 4.69) is 46.4 Å². The smallest absolute Gasteiger partial charge is 0.123 e. The molecular formula is C18H24ClN3O. The lowest BCUT2D eigenvalue weighted by molar-refractivity contribution is 0.149. The summed E-state index contributed by atoms with van der Waals surface area (Å²) in [7, 11) is 1.74. The van der Waals surface area contributed by atoms with Crippen molar-refractivity contribution in [2.75, 3.05) is 26.7 Å². The fourth-order valence-corrected chi connectivity index (χ4v) is 2.98. The number of halogens is 1. The molecule has 1 saturated heterocycles. The molecule has 1 N–H and O–H groups in total. The average molecular weight is 334 g/mol. The molecular weight excluding hydrogens is 310 g/mol. The molecule has 1 aromatic heterocycles. The van der Waals surface area contributed by atoms with E-state index >= 15 is 0 Å². The second kappa shape index (κ2) is 8.29. The van der Waals surface area contributed by atoms with Crippen molar-refractivity contribution in [3.8, 4) is 5.75 Å². The summed E-state index contributed by atoms with van der Waals surface area (Å²) in [4.78, 5) is 7.03. The van der Waals surface area contributed by atoms with Gasteiger partial charge in [0.2, 0.25) is 0 Å². The largest absolute Gasteiger partial charge is 0.496 e. The van der Waals surface area contributed by atoms with Crippen LogP contribution in [0.1, 0.15) is 22.9 Å². The standard InChI is InChI=1S/C18H23N3O.ClH/c1-14-7-8-15(20-11-14)13-21-10-9-19-12-17(21)16-5-3-4-6-18(16)22-2;/h3-8,11,17,19H,9-10,12-13H2,1-2H3;1H. The first kappa shape index (κ1) is 17.7. The minimum absolute atomic E-state index is 0. The van der Waals surface area contributed by atoms with Gasteiger partial charge in [-0.15, -0.1) is 12.4 Å². The van der Waals surface area contributed by atoms with Crippen molar-refractivity contribution in [2.45, 2.75) is 19.5 Å². The van der Waals surface area contributed by atoms with Gasteiger partial charge in [0.05, 0.1) is 18.8 Å². The molecule has 0 bridgehead atoms. The highest BCUT2D eigenvalue weighted by Gasteiger charge is 2.26. The molecule has 0 radical (unpaired) electrons. The van der Waals surface area contributed by atoms with Crippen molar-refractivity contribution in [2.24, 2.45) is 0 Å². The predicted octanol–water partition coefficient (Wildman–Crippen LogP) is 2.97. The molecule has 3 rings (SSSR count). The summed E-state index contributed by atoms with van der Waals surface area (Å²) in [6.07, 6.45) is 1.94. The van der Waals surface area contributed by atoms with Crippen LogP contribution < -0.4 is 10.1 Å². The van der Waals surface area contributed by atoms with Crippen LogP contribution in [0.15, 0.2) is 42.6 Å². The molecule has 1 aliphatic heterocycles. The normalized spacial score (nSPS) is 18.3. The van der Waals surface area contributed by atoms with Gasteiger partial charge in [-0.1, -0.05) is 24.3 Å². The third-order valence-corrected chi connectivity index (χ3v) is 4.19. The number of nitrogens with zero attached hydrogens (tertiary/aromatic N) is 2. The van der Waals surface area contributed by atoms with Crippen molar-refractivity contribution < 1.29 is 4.74 Å². The molecule has 124 valence electrons. The zero-order valence-corrected chi connectivity index (χ0v) is 14.5. The molecule has 1 unspecified atom stereocenters. The molecule has 4 nitrogen and oxygen atoms in total. The van der Waals surface area contributed by atoms with Crippen molar-refractivity contribution in [3.05, 3.63) is 59.4 Å². The summed E-state index contributed by atoms with van der Waals surface area (Å²) in [6, 6.07) is 12.9. The zero-order chi connectivity index (χ0) is 15.4. The number of pyridine rings is 1. The van der Waals surface area contributed by atoms with Crippen molar-refractivity contribution in [1.29, 1.82) is 0 Å². The van der Waals surface area contributed by atoms with E-state index in [1.807, 2.05) is 18.3 Å². The Kier molecular flexibility index (Phi) is 6.39. The van der Waals surface area contributed by atoms with Gasteiger partial charge < -0.3 is 10.1 Å². The van der Waals surface area contributed by atoms with Gasteiger partial charge in [-0.2, -0.15) is 0 Å². The Morgan fingerprint density at radius 1 is 1.26 bits per heavy atom. The SMILES string of the molecule is COc1ccccc1C1CNCCN1Cc1ccc(C)cn1.Cl. The number of nitrogens with one attached hydrogen (secondary N) is 1. The van der Waals surface area contributed by atoms with Crippen LogP contribution in [0.3, 0.4) is 0 Å². The number of benzene rings is 1. The Hall–Kier alpha value is -1.62. The molecule has 1 aliphatic rings. The van der Waals surface area contributed by atoms with Crippen LogP contribution in [0.25, 0.3) is 0 Å². The van der Waals surface area contributed by atoms with Gasteiger partial charge in [-0.3, -0.25) is 9.88 Å². The Morgan fingerprint density at radius 2 is 2.09 bits per heavy atom. The van der Waals surface area contributed by atoms with Crippen LogP contribution in [0.4, 0.5) is 0 Å². The zero-order valence-electron chi connectivity index (χ0n) is 13.7. The van der Waals surface area contributed by atoms with Gasteiger partial charge in [0, 0.05) is 37.9 Å². The van der Waals surface area contributed by atoms with Gasteiger partial charge in [0.25, 0.3) is 0 Å². The molecule has 2 aromatic rings. The summed E-state index contributed by atoms with van der Waals surface area (Å²) in [6.45, 7) is 5.89. The van der Waals surface area contributed by atoms with Crippen molar-refractivity contribution in [1.82, 2.24) is 15.2 Å². The van der Waals surface area contributed by atoms with E-state index in [4.69, 9.17) is 4.74 Å². The molecule has 1 atom stereocenters. The second-order valence-electron chi connectivity index (χ2n) is 5.76. The van der Waals surface area contributed by atoms with Crippen LogP contribution in [-0.2, 0) is 6.54 Å². The minimum atomic E-state index is 0. The Bertz CT molecular complexity index is 618. The molecule has 0 saturated carbocycles. The minimum Gasteiger partial charge on any atom is -0.496 e. The Morgan fingerprint density at radius 3 is 2.83 bits per heavy atom. The average Bonchev–Trinajstić information content (AvgIpc) is 2.57. The number of ether oxygens (including phenoxy) is 1. The maximum Gasteiger partial charge on any atom is 0.123 e. The van der Waals surface area contributed by atoms with E-state index < -0.39 is 0 Å². The van der Waals surface area contributed by atoms with E-state index in [0.29, 0.717) is 6.04 Å². The third kappa shape index (κ3) is 4.22. The fraction of sp³-hybridized carbons (Fsp3) is 0.389. The van der Waals surface area contributed by atoms with Crippen molar-refractivity contribution >= 4 is 12.4 Å². The van der Waals surface area contributed by atoms with Crippen molar-refractivity contribution in [3.63, 3.8) is 0 Å². The lowest BCUT2D eigenvalue weighted by Crippen LogP contribution is -2.45. The second-order valence-corrected chi connectivity index (χ2v) is 5.76. The number of methoxy groups -OCH3 is 1. The number of aromatic nitrogens is 1. The van der Waals surface area contributed by atoms with E-state index in [1.165, 1.54) is 11.1 Å². The Labute approximate surface area is 144 Å². The number of hydrogen-bond acceptors (Lipinski definition) is 4. The van der Waals surface area contributed by atoms with Gasteiger partial charge in [0.15, 0.2) is 0 Å². The lowest BCUT2D eigenvalue weighted by Gasteiger charge is -2.36. The highest BCUT2D eigenvalue weighted by Crippen LogP contribution is 2.30. The summed E-state index contributed by atoms with van der Waals surface area (Å²) >= 11 is 0. The van der Waals surface area contributed by atoms with Gasteiger partial charge >= 0.3 is 0 Å². The van der Waals surface area contributed by atoms with E-state index in [-0.39, 0.29) is 12.4 Å².